The molecule has 0 amide bonds. The Morgan fingerprint density at radius 3 is 2.57 bits per heavy atom. The number of allylic oxidation sites excluding steroid dienone is 2. The number of hydrogen-bond donors (Lipinski definition) is 0. The van der Waals surface area contributed by atoms with Crippen LogP contribution < -0.4 is 0 Å². The van der Waals surface area contributed by atoms with Gasteiger partial charge in [-0.25, -0.2) is 0 Å². The molecule has 1 heterocycles. The molecule has 1 rings (SSSR count). The normalized spacial score (nSPS) is 28.3. The molecule has 0 saturated heterocycles. The molecule has 0 spiro atoms. The van der Waals surface area contributed by atoms with Gasteiger partial charge in [-0.2, -0.15) is 0 Å². The topological polar surface area (TPSA) is 0 Å². The number of hydrogen-bond acceptors (Lipinski definition) is 0. The van der Waals surface area contributed by atoms with Crippen LogP contribution in [-0.2, 0) is 0 Å². The van der Waals surface area contributed by atoms with E-state index in [0.29, 0.717) is 33.7 Å². The standard InChI is InChI=1S/C5H8.2Sb/c1-3-5-4-2;;/h3,5H,1-2H3;;. The zero-order chi connectivity index (χ0) is 5.28. The maximum atomic E-state index is 2.49. The summed E-state index contributed by atoms with van der Waals surface area (Å²) in [6.07, 6.45) is 2.49. The molecule has 0 aromatic carbocycles. The van der Waals surface area contributed by atoms with Crippen LogP contribution in [0.3, 0.4) is 0 Å². The van der Waals surface area contributed by atoms with Crippen molar-refractivity contribution < 1.29 is 0 Å². The molecule has 1 unspecified atom stereocenters. The Morgan fingerprint density at radius 2 is 2.43 bits per heavy atom. The predicted molar refractivity (Wildman–Crippen MR) is 34.7 cm³/mol. The fraction of sp³-hybridized carbons (Fsp3) is 0.600. The van der Waals surface area contributed by atoms with Crippen LogP contribution in [0, 0.1) is 0 Å². The Hall–Kier alpha value is 1.38. The van der Waals surface area contributed by atoms with E-state index in [1.54, 1.807) is 3.52 Å². The molecule has 0 nitrogen and oxygen atoms in total. The summed E-state index contributed by atoms with van der Waals surface area (Å²) < 4.78 is 2.87. The second-order valence-corrected chi connectivity index (χ2v) is 15.6. The predicted octanol–water partition coefficient (Wildman–Crippen LogP) is 1.04. The van der Waals surface area contributed by atoms with E-state index in [-0.39, 0.29) is 0 Å². The van der Waals surface area contributed by atoms with Crippen molar-refractivity contribution in [2.45, 2.75) is 17.7 Å². The molecule has 38 valence electrons. The first-order chi connectivity index (χ1) is 3.29. The quantitative estimate of drug-likeness (QED) is 0.586. The minimum atomic E-state index is 0.347. The Kier molecular flexibility index (Phi) is 2.58. The fourth-order valence-electron chi connectivity index (χ4n) is 0.598. The first kappa shape index (κ1) is 6.50. The van der Waals surface area contributed by atoms with Gasteiger partial charge in [0.25, 0.3) is 0 Å². The third kappa shape index (κ3) is 1.98. The van der Waals surface area contributed by atoms with Gasteiger partial charge in [-0.15, -0.1) is 0 Å². The summed E-state index contributed by atoms with van der Waals surface area (Å²) >= 11 is 0.740. The molecule has 0 radical (unpaired) electrons. The molecule has 0 bridgehead atoms. The van der Waals surface area contributed by atoms with Crippen molar-refractivity contribution in [3.63, 3.8) is 0 Å². The summed E-state index contributed by atoms with van der Waals surface area (Å²) in [6, 6.07) is 0. The summed E-state index contributed by atoms with van der Waals surface area (Å²) in [7, 11) is 0. The molecule has 1 atom stereocenters. The van der Waals surface area contributed by atoms with Crippen LogP contribution >= 0.6 is 0 Å². The Labute approximate surface area is 60.4 Å². The summed E-state index contributed by atoms with van der Waals surface area (Å²) in [5.74, 6) is 0. The molecule has 0 saturated carbocycles. The van der Waals surface area contributed by atoms with E-state index in [4.69, 9.17) is 0 Å². The van der Waals surface area contributed by atoms with Crippen molar-refractivity contribution in [2.24, 2.45) is 0 Å². The van der Waals surface area contributed by atoms with Crippen molar-refractivity contribution in [3.05, 3.63) is 9.60 Å². The van der Waals surface area contributed by atoms with E-state index in [9.17, 15) is 0 Å². The van der Waals surface area contributed by atoms with Gasteiger partial charge in [0.2, 0.25) is 0 Å². The van der Waals surface area contributed by atoms with Crippen LogP contribution in [-0.4, -0.2) is 33.7 Å². The summed E-state index contributed by atoms with van der Waals surface area (Å²) in [6.45, 7) is 4.69. The summed E-state index contributed by atoms with van der Waals surface area (Å²) in [4.78, 5) is 0. The van der Waals surface area contributed by atoms with Crippen molar-refractivity contribution >= 4 is 33.7 Å². The molecular weight excluding hydrogens is 304 g/mol. The van der Waals surface area contributed by atoms with E-state index in [2.05, 4.69) is 19.9 Å². The Bertz CT molecular complexity index is 124. The third-order valence-electron chi connectivity index (χ3n) is 0.880. The Morgan fingerprint density at radius 1 is 1.71 bits per heavy atom. The molecule has 1 aliphatic heterocycles. The van der Waals surface area contributed by atoms with Gasteiger partial charge in [0.1, 0.15) is 0 Å². The molecule has 1 aliphatic rings. The second kappa shape index (κ2) is 2.79. The van der Waals surface area contributed by atoms with Gasteiger partial charge in [0.15, 0.2) is 0 Å². The molecule has 2 heteroatoms. The van der Waals surface area contributed by atoms with Gasteiger partial charge < -0.3 is 0 Å². The van der Waals surface area contributed by atoms with Crippen molar-refractivity contribution in [1.29, 1.82) is 0 Å². The summed E-state index contributed by atoms with van der Waals surface area (Å²) in [5.41, 5.74) is 0. The maximum absolute atomic E-state index is 2.49. The zero-order valence-corrected chi connectivity index (χ0v) is 9.65. The van der Waals surface area contributed by atoms with Gasteiger partial charge in [0.05, 0.1) is 0 Å². The van der Waals surface area contributed by atoms with Crippen molar-refractivity contribution in [3.8, 4) is 0 Å². The van der Waals surface area contributed by atoms with E-state index >= 15 is 0 Å². The van der Waals surface area contributed by atoms with Gasteiger partial charge in [-0.1, -0.05) is 0 Å². The van der Waals surface area contributed by atoms with Gasteiger partial charge in [-0.05, 0) is 0 Å². The van der Waals surface area contributed by atoms with E-state index < -0.39 is 0 Å². The molecule has 0 aromatic rings. The first-order valence-electron chi connectivity index (χ1n) is 2.38. The number of rotatable bonds is 0. The van der Waals surface area contributed by atoms with Crippen LogP contribution in [0.15, 0.2) is 9.60 Å². The van der Waals surface area contributed by atoms with Gasteiger partial charge in [0, 0.05) is 0 Å². The molecule has 0 aliphatic carbocycles. The van der Waals surface area contributed by atoms with Crippen LogP contribution in [0.1, 0.15) is 13.8 Å². The average molecular weight is 312 g/mol. The van der Waals surface area contributed by atoms with Crippen LogP contribution in [0.2, 0.25) is 3.86 Å². The van der Waals surface area contributed by atoms with Gasteiger partial charge >= 0.3 is 61.0 Å². The van der Waals surface area contributed by atoms with Crippen LogP contribution in [0.5, 0.6) is 0 Å². The third-order valence-corrected chi connectivity index (χ3v) is 19.2. The molecular formula is C5H8Sb2. The molecule has 0 aromatic heterocycles. The average Bonchev–Trinajstić information content (AvgIpc) is 1.87. The summed E-state index contributed by atoms with van der Waals surface area (Å²) in [5, 5.41) is 0. The monoisotopic (exact) mass is 310 g/mol. The van der Waals surface area contributed by atoms with Gasteiger partial charge in [-0.3, -0.25) is 0 Å². The van der Waals surface area contributed by atoms with Crippen LogP contribution in [0.4, 0.5) is 0 Å². The Balaban J connectivity index is 2.69. The van der Waals surface area contributed by atoms with Crippen LogP contribution in [0.25, 0.3) is 0 Å². The van der Waals surface area contributed by atoms with E-state index in [1.807, 2.05) is 0 Å². The first-order valence-corrected chi connectivity index (χ1v) is 13.9. The van der Waals surface area contributed by atoms with E-state index in [1.165, 1.54) is 0 Å². The second-order valence-electron chi connectivity index (χ2n) is 1.76. The fourth-order valence-corrected chi connectivity index (χ4v) is 13.9. The molecule has 0 N–H and O–H groups in total. The zero-order valence-electron chi connectivity index (χ0n) is 4.55. The minimum absolute atomic E-state index is 0.347. The molecule has 7 heavy (non-hydrogen) atoms. The van der Waals surface area contributed by atoms with Crippen molar-refractivity contribution in [2.75, 3.05) is 0 Å². The van der Waals surface area contributed by atoms with E-state index in [0.717, 1.165) is 3.86 Å². The van der Waals surface area contributed by atoms with Crippen molar-refractivity contribution in [1.82, 2.24) is 0 Å². The SMILES string of the molecule is C[C]1=C[CH](C)[Sb]=[Sb]1. The molecule has 0 fully saturated rings.